The molecule has 0 bridgehead atoms. The number of hydrogen-bond acceptors (Lipinski definition) is 5. The molecule has 3 aromatic rings. The first-order valence-corrected chi connectivity index (χ1v) is 9.00. The summed E-state index contributed by atoms with van der Waals surface area (Å²) in [7, 11) is 3.19. The lowest BCUT2D eigenvalue weighted by atomic mass is 10.1. The van der Waals surface area contributed by atoms with Crippen molar-refractivity contribution >= 4 is 17.2 Å². The van der Waals surface area contributed by atoms with E-state index in [4.69, 9.17) is 9.47 Å². The molecule has 0 unspecified atom stereocenters. The van der Waals surface area contributed by atoms with E-state index in [0.717, 1.165) is 16.1 Å². The third-order valence-electron chi connectivity index (χ3n) is 3.94. The predicted molar refractivity (Wildman–Crippen MR) is 103 cm³/mol. The number of rotatable bonds is 6. The predicted octanol–water partition coefficient (Wildman–Crippen LogP) is 4.07. The molecular formula is C20H20N2O3S. The number of carbonyl (C=O) groups is 1. The summed E-state index contributed by atoms with van der Waals surface area (Å²) in [4.78, 5) is 16.8. The molecule has 0 atom stereocenters. The summed E-state index contributed by atoms with van der Waals surface area (Å²) >= 11 is 1.42. The Morgan fingerprint density at radius 2 is 1.81 bits per heavy atom. The fourth-order valence-electron chi connectivity index (χ4n) is 2.46. The van der Waals surface area contributed by atoms with Gasteiger partial charge in [0.2, 0.25) is 0 Å². The molecule has 6 heteroatoms. The van der Waals surface area contributed by atoms with Gasteiger partial charge in [0.1, 0.15) is 10.7 Å². The van der Waals surface area contributed by atoms with Crippen molar-refractivity contribution in [1.82, 2.24) is 10.3 Å². The average Bonchev–Trinajstić information content (AvgIpc) is 3.17. The largest absolute Gasteiger partial charge is 0.493 e. The molecule has 1 amide bonds. The first-order valence-electron chi connectivity index (χ1n) is 8.12. The third-order valence-corrected chi connectivity index (χ3v) is 4.83. The van der Waals surface area contributed by atoms with E-state index in [0.29, 0.717) is 23.7 Å². The van der Waals surface area contributed by atoms with Gasteiger partial charge in [0.05, 0.1) is 14.2 Å². The zero-order chi connectivity index (χ0) is 18.5. The van der Waals surface area contributed by atoms with E-state index < -0.39 is 0 Å². The van der Waals surface area contributed by atoms with Crippen molar-refractivity contribution in [3.05, 3.63) is 64.7 Å². The summed E-state index contributed by atoms with van der Waals surface area (Å²) in [5.74, 6) is 1.10. The summed E-state index contributed by atoms with van der Waals surface area (Å²) in [5.41, 5.74) is 3.54. The van der Waals surface area contributed by atoms with Crippen LogP contribution in [0, 0.1) is 6.92 Å². The normalized spacial score (nSPS) is 10.4. The van der Waals surface area contributed by atoms with Crippen molar-refractivity contribution in [3.8, 4) is 22.1 Å². The Hall–Kier alpha value is -2.86. The molecule has 3 rings (SSSR count). The first-order chi connectivity index (χ1) is 12.6. The summed E-state index contributed by atoms with van der Waals surface area (Å²) in [6.07, 6.45) is 0. The lowest BCUT2D eigenvalue weighted by Crippen LogP contribution is -2.23. The zero-order valence-electron chi connectivity index (χ0n) is 14.9. The van der Waals surface area contributed by atoms with Gasteiger partial charge in [-0.05, 0) is 30.7 Å². The van der Waals surface area contributed by atoms with Gasteiger partial charge >= 0.3 is 0 Å². The van der Waals surface area contributed by atoms with E-state index in [2.05, 4.69) is 10.3 Å². The van der Waals surface area contributed by atoms with Gasteiger partial charge in [-0.25, -0.2) is 4.98 Å². The second-order valence-corrected chi connectivity index (χ2v) is 6.63. The maximum Gasteiger partial charge on any atom is 0.271 e. The standard InChI is InChI=1S/C20H20N2O3S/c1-13-4-6-14(7-5-13)11-21-19(23)16-12-26-20(22-16)15-8-9-17(24-2)18(10-15)25-3/h4-10,12H,11H2,1-3H3,(H,21,23). The lowest BCUT2D eigenvalue weighted by Gasteiger charge is -2.08. The van der Waals surface area contributed by atoms with E-state index in [1.165, 1.54) is 16.9 Å². The van der Waals surface area contributed by atoms with Crippen LogP contribution in [0.4, 0.5) is 0 Å². The number of methoxy groups -OCH3 is 2. The Morgan fingerprint density at radius 1 is 1.08 bits per heavy atom. The van der Waals surface area contributed by atoms with Gasteiger partial charge in [0.15, 0.2) is 11.5 Å². The maximum absolute atomic E-state index is 12.3. The van der Waals surface area contributed by atoms with Gasteiger partial charge in [-0.15, -0.1) is 11.3 Å². The quantitative estimate of drug-likeness (QED) is 0.713. The number of amides is 1. The van der Waals surface area contributed by atoms with E-state index >= 15 is 0 Å². The second-order valence-electron chi connectivity index (χ2n) is 5.78. The number of ether oxygens (including phenoxy) is 2. The Morgan fingerprint density at radius 3 is 2.50 bits per heavy atom. The van der Waals surface area contributed by atoms with Gasteiger partial charge < -0.3 is 14.8 Å². The molecule has 1 heterocycles. The summed E-state index contributed by atoms with van der Waals surface area (Å²) < 4.78 is 10.6. The molecule has 0 saturated carbocycles. The van der Waals surface area contributed by atoms with Crippen molar-refractivity contribution < 1.29 is 14.3 Å². The van der Waals surface area contributed by atoms with Crippen molar-refractivity contribution in [2.24, 2.45) is 0 Å². The minimum Gasteiger partial charge on any atom is -0.493 e. The topological polar surface area (TPSA) is 60.5 Å². The van der Waals surface area contributed by atoms with E-state index in [-0.39, 0.29) is 5.91 Å². The number of aryl methyl sites for hydroxylation is 1. The van der Waals surface area contributed by atoms with Crippen LogP contribution in [0.3, 0.4) is 0 Å². The third kappa shape index (κ3) is 4.03. The molecule has 1 aromatic heterocycles. The summed E-state index contributed by atoms with van der Waals surface area (Å²) in [6.45, 7) is 2.51. The number of benzene rings is 2. The van der Waals surface area contributed by atoms with Crippen LogP contribution < -0.4 is 14.8 Å². The number of thiazole rings is 1. The molecule has 0 aliphatic heterocycles. The molecule has 5 nitrogen and oxygen atoms in total. The molecule has 134 valence electrons. The van der Waals surface area contributed by atoms with Crippen molar-refractivity contribution in [2.45, 2.75) is 13.5 Å². The molecule has 0 radical (unpaired) electrons. The highest BCUT2D eigenvalue weighted by Gasteiger charge is 2.13. The van der Waals surface area contributed by atoms with Crippen LogP contribution in [0.15, 0.2) is 47.8 Å². The van der Waals surface area contributed by atoms with E-state index in [1.54, 1.807) is 19.6 Å². The number of aromatic nitrogens is 1. The minimum absolute atomic E-state index is 0.187. The van der Waals surface area contributed by atoms with Crippen LogP contribution in [-0.2, 0) is 6.54 Å². The lowest BCUT2D eigenvalue weighted by molar-refractivity contribution is 0.0946. The summed E-state index contributed by atoms with van der Waals surface area (Å²) in [5, 5.41) is 5.42. The number of carbonyl (C=O) groups excluding carboxylic acids is 1. The van der Waals surface area contributed by atoms with Crippen molar-refractivity contribution in [1.29, 1.82) is 0 Å². The SMILES string of the molecule is COc1ccc(-c2nc(C(=O)NCc3ccc(C)cc3)cs2)cc1OC. The Labute approximate surface area is 156 Å². The zero-order valence-corrected chi connectivity index (χ0v) is 15.7. The van der Waals surface area contributed by atoms with Crippen LogP contribution in [0.2, 0.25) is 0 Å². The van der Waals surface area contributed by atoms with Gasteiger partial charge in [-0.1, -0.05) is 29.8 Å². The van der Waals surface area contributed by atoms with Gasteiger partial charge in [0.25, 0.3) is 5.91 Å². The molecule has 26 heavy (non-hydrogen) atoms. The Bertz CT molecular complexity index is 904. The molecule has 0 saturated heterocycles. The van der Waals surface area contributed by atoms with Crippen LogP contribution in [0.5, 0.6) is 11.5 Å². The van der Waals surface area contributed by atoms with Crippen LogP contribution in [0.1, 0.15) is 21.6 Å². The van der Waals surface area contributed by atoms with Crippen LogP contribution >= 0.6 is 11.3 Å². The number of hydrogen-bond donors (Lipinski definition) is 1. The van der Waals surface area contributed by atoms with Gasteiger partial charge in [-0.3, -0.25) is 4.79 Å². The maximum atomic E-state index is 12.3. The van der Waals surface area contributed by atoms with E-state index in [9.17, 15) is 4.79 Å². The van der Waals surface area contributed by atoms with Crippen LogP contribution in [0.25, 0.3) is 10.6 Å². The minimum atomic E-state index is -0.187. The molecular weight excluding hydrogens is 348 g/mol. The average molecular weight is 368 g/mol. The first kappa shape index (κ1) is 17.9. The highest BCUT2D eigenvalue weighted by Crippen LogP contribution is 2.33. The van der Waals surface area contributed by atoms with Crippen LogP contribution in [-0.4, -0.2) is 25.1 Å². The second kappa shape index (κ2) is 8.01. The Balaban J connectivity index is 1.70. The van der Waals surface area contributed by atoms with Gasteiger partial charge in [-0.2, -0.15) is 0 Å². The molecule has 1 N–H and O–H groups in total. The number of nitrogens with zero attached hydrogens (tertiary/aromatic N) is 1. The molecule has 0 fully saturated rings. The van der Waals surface area contributed by atoms with Crippen molar-refractivity contribution in [2.75, 3.05) is 14.2 Å². The molecule has 2 aromatic carbocycles. The highest BCUT2D eigenvalue weighted by atomic mass is 32.1. The summed E-state index contributed by atoms with van der Waals surface area (Å²) in [6, 6.07) is 13.6. The Kier molecular flexibility index (Phi) is 5.53. The fraction of sp³-hybridized carbons (Fsp3) is 0.200. The smallest absolute Gasteiger partial charge is 0.271 e. The fourth-order valence-corrected chi connectivity index (χ4v) is 3.26. The van der Waals surface area contributed by atoms with E-state index in [1.807, 2.05) is 49.4 Å². The monoisotopic (exact) mass is 368 g/mol. The molecule has 0 spiro atoms. The molecule has 0 aliphatic rings. The highest BCUT2D eigenvalue weighted by molar-refractivity contribution is 7.13. The van der Waals surface area contributed by atoms with Crippen molar-refractivity contribution in [3.63, 3.8) is 0 Å². The molecule has 0 aliphatic carbocycles. The van der Waals surface area contributed by atoms with Gasteiger partial charge in [0, 0.05) is 17.5 Å². The number of nitrogens with one attached hydrogen (secondary N) is 1.